The zero-order valence-electron chi connectivity index (χ0n) is 13.2. The lowest BCUT2D eigenvalue weighted by Crippen LogP contribution is -2.32. The molecule has 120 valence electrons. The lowest BCUT2D eigenvalue weighted by molar-refractivity contribution is 0.287. The van der Waals surface area contributed by atoms with E-state index in [1.807, 2.05) is 27.7 Å². The van der Waals surface area contributed by atoms with E-state index in [1.54, 1.807) is 6.07 Å². The minimum Gasteiger partial charge on any atom is -0.490 e. The molecule has 0 spiro atoms. The molecule has 5 nitrogen and oxygen atoms in total. The Morgan fingerprint density at radius 3 is 2.29 bits per heavy atom. The number of hydrogen-bond donors (Lipinski definition) is 1. The van der Waals surface area contributed by atoms with E-state index >= 15 is 0 Å². The van der Waals surface area contributed by atoms with Crippen LogP contribution in [0.25, 0.3) is 0 Å². The first-order valence-electron chi connectivity index (χ1n) is 7.36. The van der Waals surface area contributed by atoms with Gasteiger partial charge >= 0.3 is 0 Å². The summed E-state index contributed by atoms with van der Waals surface area (Å²) in [7, 11) is -3.54. The maximum Gasteiger partial charge on any atom is 0.240 e. The average molecular weight is 315 g/mol. The van der Waals surface area contributed by atoms with Crippen molar-refractivity contribution in [3.8, 4) is 11.5 Å². The summed E-state index contributed by atoms with van der Waals surface area (Å²) in [4.78, 5) is 0.192. The van der Waals surface area contributed by atoms with Gasteiger partial charge in [-0.2, -0.15) is 0 Å². The van der Waals surface area contributed by atoms with Crippen LogP contribution in [-0.4, -0.2) is 27.7 Å². The molecule has 1 aromatic rings. The molecule has 1 atom stereocenters. The number of nitrogens with one attached hydrogen (secondary N) is 1. The van der Waals surface area contributed by atoms with Crippen LogP contribution in [0.5, 0.6) is 11.5 Å². The van der Waals surface area contributed by atoms with Gasteiger partial charge in [0, 0.05) is 12.1 Å². The van der Waals surface area contributed by atoms with Gasteiger partial charge in [0.05, 0.1) is 18.1 Å². The second-order valence-electron chi connectivity index (χ2n) is 4.79. The molecule has 0 aliphatic heterocycles. The van der Waals surface area contributed by atoms with E-state index in [0.717, 1.165) is 12.8 Å². The third kappa shape index (κ3) is 5.21. The van der Waals surface area contributed by atoms with Crippen molar-refractivity contribution >= 4 is 10.0 Å². The maximum absolute atomic E-state index is 12.3. The third-order valence-corrected chi connectivity index (χ3v) is 4.49. The molecule has 0 saturated heterocycles. The first-order chi connectivity index (χ1) is 9.94. The van der Waals surface area contributed by atoms with Crippen LogP contribution in [0.2, 0.25) is 0 Å². The summed E-state index contributed by atoms with van der Waals surface area (Å²) < 4.78 is 38.2. The smallest absolute Gasteiger partial charge is 0.240 e. The molecule has 0 aliphatic rings. The first kappa shape index (κ1) is 17.8. The molecule has 1 N–H and O–H groups in total. The number of sulfonamides is 1. The Kier molecular flexibility index (Phi) is 6.98. The predicted octanol–water partition coefficient (Wildman–Crippen LogP) is 2.95. The first-order valence-corrected chi connectivity index (χ1v) is 8.84. The van der Waals surface area contributed by atoms with E-state index in [4.69, 9.17) is 9.47 Å². The summed E-state index contributed by atoms with van der Waals surface area (Å²) in [5.74, 6) is 1.00. The lowest BCUT2D eigenvalue weighted by Gasteiger charge is -2.15. The fraction of sp³-hybridized carbons (Fsp3) is 0.600. The van der Waals surface area contributed by atoms with E-state index in [-0.39, 0.29) is 10.9 Å². The molecule has 0 amide bonds. The van der Waals surface area contributed by atoms with Gasteiger partial charge in [-0.25, -0.2) is 13.1 Å². The zero-order chi connectivity index (χ0) is 15.9. The van der Waals surface area contributed by atoms with Gasteiger partial charge in [-0.05, 0) is 39.3 Å². The van der Waals surface area contributed by atoms with Gasteiger partial charge < -0.3 is 9.47 Å². The molecule has 0 saturated carbocycles. The summed E-state index contributed by atoms with van der Waals surface area (Å²) in [6.07, 6.45) is 1.73. The highest BCUT2D eigenvalue weighted by atomic mass is 32.2. The Hall–Kier alpha value is -1.27. The Labute approximate surface area is 127 Å². The van der Waals surface area contributed by atoms with Crippen LogP contribution in [-0.2, 0) is 10.0 Å². The minimum atomic E-state index is -3.54. The van der Waals surface area contributed by atoms with E-state index in [0.29, 0.717) is 24.7 Å². The van der Waals surface area contributed by atoms with Crippen LogP contribution in [0.1, 0.15) is 40.5 Å². The number of rotatable bonds is 9. The Morgan fingerprint density at radius 2 is 1.71 bits per heavy atom. The van der Waals surface area contributed by atoms with Crippen molar-refractivity contribution < 1.29 is 17.9 Å². The number of hydrogen-bond acceptors (Lipinski definition) is 4. The lowest BCUT2D eigenvalue weighted by atomic mass is 10.2. The van der Waals surface area contributed by atoms with Crippen LogP contribution >= 0.6 is 0 Å². The van der Waals surface area contributed by atoms with E-state index in [1.165, 1.54) is 12.1 Å². The summed E-state index contributed by atoms with van der Waals surface area (Å²) in [5.41, 5.74) is 0. The minimum absolute atomic E-state index is 0.0953. The summed E-state index contributed by atoms with van der Waals surface area (Å²) in [5, 5.41) is 0. The molecule has 0 unspecified atom stereocenters. The Balaban J connectivity index is 3.04. The summed E-state index contributed by atoms with van der Waals surface area (Å²) in [6.45, 7) is 8.54. The van der Waals surface area contributed by atoms with E-state index in [2.05, 4.69) is 4.72 Å². The van der Waals surface area contributed by atoms with Crippen molar-refractivity contribution in [1.29, 1.82) is 0 Å². The molecular formula is C15H25NO4S. The monoisotopic (exact) mass is 315 g/mol. The van der Waals surface area contributed by atoms with Crippen molar-refractivity contribution in [2.45, 2.75) is 51.5 Å². The Morgan fingerprint density at radius 1 is 1.10 bits per heavy atom. The van der Waals surface area contributed by atoms with Gasteiger partial charge in [-0.3, -0.25) is 0 Å². The zero-order valence-corrected chi connectivity index (χ0v) is 14.0. The highest BCUT2D eigenvalue weighted by Gasteiger charge is 2.19. The normalized spacial score (nSPS) is 13.0. The average Bonchev–Trinajstić information content (AvgIpc) is 2.40. The van der Waals surface area contributed by atoms with Gasteiger partial charge in [0.15, 0.2) is 11.5 Å². The molecular weight excluding hydrogens is 290 g/mol. The molecule has 21 heavy (non-hydrogen) atoms. The molecule has 0 bridgehead atoms. The highest BCUT2D eigenvalue weighted by Crippen LogP contribution is 2.30. The predicted molar refractivity (Wildman–Crippen MR) is 83.5 cm³/mol. The van der Waals surface area contributed by atoms with Crippen LogP contribution in [0.3, 0.4) is 0 Å². The van der Waals surface area contributed by atoms with Crippen molar-refractivity contribution in [2.75, 3.05) is 13.2 Å². The second-order valence-corrected chi connectivity index (χ2v) is 6.50. The SMILES string of the molecule is CCC[C@@H](C)NS(=O)(=O)c1ccc(OCC)c(OCC)c1. The standard InChI is InChI=1S/C15H25NO4S/c1-5-8-12(4)16-21(17,18)13-9-10-14(19-6-2)15(11-13)20-7-3/h9-12,16H,5-8H2,1-4H3/t12-/m1/s1. The Bertz CT molecular complexity index is 543. The summed E-state index contributed by atoms with van der Waals surface area (Å²) in [6, 6.07) is 4.58. The number of ether oxygens (including phenoxy) is 2. The van der Waals surface area contributed by atoms with Crippen LogP contribution in [0.4, 0.5) is 0 Å². The molecule has 0 aliphatic carbocycles. The highest BCUT2D eigenvalue weighted by molar-refractivity contribution is 7.89. The van der Waals surface area contributed by atoms with Crippen molar-refractivity contribution in [2.24, 2.45) is 0 Å². The second kappa shape index (κ2) is 8.24. The van der Waals surface area contributed by atoms with Gasteiger partial charge in [-0.1, -0.05) is 13.3 Å². The molecule has 1 aromatic carbocycles. The maximum atomic E-state index is 12.3. The van der Waals surface area contributed by atoms with Crippen molar-refractivity contribution in [1.82, 2.24) is 4.72 Å². The largest absolute Gasteiger partial charge is 0.490 e. The van der Waals surface area contributed by atoms with Gasteiger partial charge in [0.2, 0.25) is 10.0 Å². The van der Waals surface area contributed by atoms with Crippen molar-refractivity contribution in [3.05, 3.63) is 18.2 Å². The van der Waals surface area contributed by atoms with Crippen LogP contribution in [0, 0.1) is 0 Å². The molecule has 1 rings (SSSR count). The fourth-order valence-electron chi connectivity index (χ4n) is 2.02. The van der Waals surface area contributed by atoms with Crippen molar-refractivity contribution in [3.63, 3.8) is 0 Å². The molecule has 6 heteroatoms. The summed E-state index contributed by atoms with van der Waals surface area (Å²) >= 11 is 0. The van der Waals surface area contributed by atoms with E-state index in [9.17, 15) is 8.42 Å². The quantitative estimate of drug-likeness (QED) is 0.761. The van der Waals surface area contributed by atoms with Crippen LogP contribution in [0.15, 0.2) is 23.1 Å². The molecule has 0 heterocycles. The molecule has 0 aromatic heterocycles. The number of benzene rings is 1. The third-order valence-electron chi connectivity index (χ3n) is 2.90. The molecule has 0 fully saturated rings. The van der Waals surface area contributed by atoms with Crippen LogP contribution < -0.4 is 14.2 Å². The fourth-order valence-corrected chi connectivity index (χ4v) is 3.32. The van der Waals surface area contributed by atoms with E-state index < -0.39 is 10.0 Å². The van der Waals surface area contributed by atoms with Gasteiger partial charge in [0.25, 0.3) is 0 Å². The topological polar surface area (TPSA) is 64.6 Å². The molecule has 0 radical (unpaired) electrons. The van der Waals surface area contributed by atoms with Gasteiger partial charge in [0.1, 0.15) is 0 Å². The van der Waals surface area contributed by atoms with Gasteiger partial charge in [-0.15, -0.1) is 0 Å².